The lowest BCUT2D eigenvalue weighted by molar-refractivity contribution is -0.386. The molecule has 1 amide bonds. The zero-order chi connectivity index (χ0) is 11.4. The van der Waals surface area contributed by atoms with E-state index >= 15 is 0 Å². The summed E-state index contributed by atoms with van der Waals surface area (Å²) in [6.07, 6.45) is -1.56. The van der Waals surface area contributed by atoms with Crippen molar-refractivity contribution in [3.63, 3.8) is 0 Å². The third kappa shape index (κ3) is 2.75. The number of benzene rings is 1. The molecule has 0 aliphatic rings. The van der Waals surface area contributed by atoms with Gasteiger partial charge in [-0.3, -0.25) is 14.9 Å². The maximum Gasteiger partial charge on any atom is 0.275 e. The van der Waals surface area contributed by atoms with Crippen molar-refractivity contribution in [2.45, 2.75) is 12.5 Å². The van der Waals surface area contributed by atoms with Gasteiger partial charge >= 0.3 is 0 Å². The van der Waals surface area contributed by atoms with Gasteiger partial charge in [-0.15, -0.1) is 0 Å². The van der Waals surface area contributed by atoms with Crippen LogP contribution >= 0.6 is 0 Å². The van der Waals surface area contributed by atoms with Crippen molar-refractivity contribution in [3.8, 4) is 0 Å². The fourth-order valence-electron chi connectivity index (χ4n) is 1.24. The minimum absolute atomic E-state index is 0.0984. The number of aliphatic hydroxyl groups is 1. The van der Waals surface area contributed by atoms with Gasteiger partial charge in [0.05, 0.1) is 23.0 Å². The molecule has 0 fully saturated rings. The van der Waals surface area contributed by atoms with E-state index in [0.717, 1.165) is 0 Å². The number of hydrogen-bond donors (Lipinski definition) is 2. The average molecular weight is 210 g/mol. The predicted octanol–water partition coefficient (Wildman–Crippen LogP) is 0.504. The molecule has 1 atom stereocenters. The van der Waals surface area contributed by atoms with E-state index in [1.165, 1.54) is 18.2 Å². The minimum Gasteiger partial charge on any atom is -0.388 e. The van der Waals surface area contributed by atoms with Crippen LogP contribution in [0.5, 0.6) is 0 Å². The molecule has 0 aliphatic heterocycles. The summed E-state index contributed by atoms with van der Waals surface area (Å²) in [4.78, 5) is 20.5. The van der Waals surface area contributed by atoms with Crippen LogP contribution in [0.4, 0.5) is 5.69 Å². The molecule has 0 saturated heterocycles. The molecular weight excluding hydrogens is 200 g/mol. The monoisotopic (exact) mass is 210 g/mol. The Morgan fingerprint density at radius 3 is 2.67 bits per heavy atom. The molecule has 0 saturated carbocycles. The number of nitrogens with two attached hydrogens (primary N) is 1. The number of para-hydroxylation sites is 1. The molecule has 1 unspecified atom stereocenters. The van der Waals surface area contributed by atoms with Gasteiger partial charge in [0.15, 0.2) is 0 Å². The quantitative estimate of drug-likeness (QED) is 0.557. The summed E-state index contributed by atoms with van der Waals surface area (Å²) in [6, 6.07) is 5.69. The second-order valence-corrected chi connectivity index (χ2v) is 3.00. The Morgan fingerprint density at radius 1 is 1.53 bits per heavy atom. The molecule has 1 aromatic carbocycles. The molecule has 1 rings (SSSR count). The van der Waals surface area contributed by atoms with Crippen molar-refractivity contribution in [3.05, 3.63) is 39.9 Å². The molecule has 15 heavy (non-hydrogen) atoms. The first-order valence-corrected chi connectivity index (χ1v) is 4.22. The third-order valence-corrected chi connectivity index (χ3v) is 1.89. The van der Waals surface area contributed by atoms with E-state index in [-0.39, 0.29) is 17.7 Å². The normalized spacial score (nSPS) is 12.1. The lowest BCUT2D eigenvalue weighted by Crippen LogP contribution is -2.15. The molecule has 80 valence electrons. The number of rotatable bonds is 4. The van der Waals surface area contributed by atoms with E-state index in [9.17, 15) is 20.0 Å². The first kappa shape index (κ1) is 11.1. The molecule has 0 aliphatic carbocycles. The molecule has 0 radical (unpaired) electrons. The smallest absolute Gasteiger partial charge is 0.275 e. The van der Waals surface area contributed by atoms with Gasteiger partial charge in [-0.25, -0.2) is 0 Å². The highest BCUT2D eigenvalue weighted by atomic mass is 16.6. The Labute approximate surface area is 85.5 Å². The first-order chi connectivity index (χ1) is 7.02. The molecule has 0 aromatic heterocycles. The van der Waals surface area contributed by atoms with Gasteiger partial charge in [0, 0.05) is 6.07 Å². The fourth-order valence-corrected chi connectivity index (χ4v) is 1.24. The Morgan fingerprint density at radius 2 is 2.13 bits per heavy atom. The summed E-state index contributed by atoms with van der Waals surface area (Å²) in [5.74, 6) is -0.708. The predicted molar refractivity (Wildman–Crippen MR) is 51.9 cm³/mol. The minimum atomic E-state index is -1.23. The van der Waals surface area contributed by atoms with Crippen molar-refractivity contribution in [2.75, 3.05) is 0 Å². The van der Waals surface area contributed by atoms with Crippen molar-refractivity contribution in [1.82, 2.24) is 0 Å². The van der Waals surface area contributed by atoms with Crippen LogP contribution in [0.2, 0.25) is 0 Å². The molecule has 0 bridgehead atoms. The lowest BCUT2D eigenvalue weighted by atomic mass is 10.0. The van der Waals surface area contributed by atoms with Crippen molar-refractivity contribution in [2.24, 2.45) is 5.73 Å². The Kier molecular flexibility index (Phi) is 3.35. The number of primary amides is 1. The van der Waals surface area contributed by atoms with Crippen molar-refractivity contribution >= 4 is 11.6 Å². The van der Waals surface area contributed by atoms with Crippen LogP contribution in [0.25, 0.3) is 0 Å². The number of nitro benzene ring substituents is 1. The topological polar surface area (TPSA) is 106 Å². The van der Waals surface area contributed by atoms with Crippen LogP contribution in [-0.2, 0) is 4.79 Å². The van der Waals surface area contributed by atoms with Gasteiger partial charge in [-0.05, 0) is 6.07 Å². The van der Waals surface area contributed by atoms with Crippen molar-refractivity contribution < 1.29 is 14.8 Å². The molecule has 6 heteroatoms. The number of hydrogen-bond acceptors (Lipinski definition) is 4. The summed E-state index contributed by atoms with van der Waals surface area (Å²) < 4.78 is 0. The average Bonchev–Trinajstić information content (AvgIpc) is 2.16. The maximum absolute atomic E-state index is 10.6. The van der Waals surface area contributed by atoms with Gasteiger partial charge in [-0.1, -0.05) is 12.1 Å². The maximum atomic E-state index is 10.6. The van der Waals surface area contributed by atoms with E-state index in [4.69, 9.17) is 5.73 Å². The van der Waals surface area contributed by atoms with E-state index < -0.39 is 16.9 Å². The molecule has 1 aromatic rings. The fraction of sp³-hybridized carbons (Fsp3) is 0.222. The largest absolute Gasteiger partial charge is 0.388 e. The molecular formula is C9H10N2O4. The third-order valence-electron chi connectivity index (χ3n) is 1.89. The second-order valence-electron chi connectivity index (χ2n) is 3.00. The summed E-state index contributed by atoms with van der Waals surface area (Å²) in [5, 5.41) is 20.1. The molecule has 0 spiro atoms. The SMILES string of the molecule is NC(=O)CC(O)c1ccccc1[N+](=O)[O-]. The van der Waals surface area contributed by atoms with Crippen LogP contribution in [-0.4, -0.2) is 15.9 Å². The van der Waals surface area contributed by atoms with Crippen LogP contribution in [0, 0.1) is 10.1 Å². The Bertz CT molecular complexity index is 391. The highest BCUT2D eigenvalue weighted by Crippen LogP contribution is 2.26. The van der Waals surface area contributed by atoms with Crippen LogP contribution < -0.4 is 5.73 Å². The lowest BCUT2D eigenvalue weighted by Gasteiger charge is -2.08. The van der Waals surface area contributed by atoms with E-state index in [0.29, 0.717) is 0 Å². The van der Waals surface area contributed by atoms with Gasteiger partial charge in [0.1, 0.15) is 0 Å². The Hall–Kier alpha value is -1.95. The summed E-state index contributed by atoms with van der Waals surface area (Å²) in [6.45, 7) is 0. The van der Waals surface area contributed by atoms with Gasteiger partial charge < -0.3 is 10.8 Å². The number of aliphatic hydroxyl groups excluding tert-OH is 1. The highest BCUT2D eigenvalue weighted by Gasteiger charge is 2.20. The summed E-state index contributed by atoms with van der Waals surface area (Å²) in [5.41, 5.74) is 4.77. The zero-order valence-electron chi connectivity index (χ0n) is 7.79. The Balaban J connectivity index is 3.02. The standard InChI is InChI=1S/C9H10N2O4/c10-9(13)5-8(12)6-3-1-2-4-7(6)11(14)15/h1-4,8,12H,5H2,(H2,10,13). The van der Waals surface area contributed by atoms with Crippen LogP contribution in [0.15, 0.2) is 24.3 Å². The molecule has 6 nitrogen and oxygen atoms in total. The second kappa shape index (κ2) is 4.52. The summed E-state index contributed by atoms with van der Waals surface area (Å²) in [7, 11) is 0. The number of nitro groups is 1. The number of amides is 1. The van der Waals surface area contributed by atoms with Gasteiger partial charge in [-0.2, -0.15) is 0 Å². The van der Waals surface area contributed by atoms with Crippen molar-refractivity contribution in [1.29, 1.82) is 0 Å². The first-order valence-electron chi connectivity index (χ1n) is 4.22. The number of carbonyl (C=O) groups excluding carboxylic acids is 1. The van der Waals surface area contributed by atoms with Crippen LogP contribution in [0.3, 0.4) is 0 Å². The molecule has 3 N–H and O–H groups in total. The van der Waals surface area contributed by atoms with Gasteiger partial charge in [0.2, 0.25) is 5.91 Å². The van der Waals surface area contributed by atoms with E-state index in [1.54, 1.807) is 6.07 Å². The highest BCUT2D eigenvalue weighted by molar-refractivity contribution is 5.74. The number of nitrogens with zero attached hydrogens (tertiary/aromatic N) is 1. The van der Waals surface area contributed by atoms with Crippen LogP contribution in [0.1, 0.15) is 18.1 Å². The van der Waals surface area contributed by atoms with E-state index in [2.05, 4.69) is 0 Å². The van der Waals surface area contributed by atoms with Gasteiger partial charge in [0.25, 0.3) is 5.69 Å². The van der Waals surface area contributed by atoms with E-state index in [1.807, 2.05) is 0 Å². The molecule has 0 heterocycles. The zero-order valence-corrected chi connectivity index (χ0v) is 7.79. The summed E-state index contributed by atoms with van der Waals surface area (Å²) >= 11 is 0. The number of carbonyl (C=O) groups is 1.